The molecule has 0 saturated carbocycles. The highest BCUT2D eigenvalue weighted by Crippen LogP contribution is 2.14. The quantitative estimate of drug-likeness (QED) is 0.0213. The fraction of sp³-hybridized carbons (Fsp3) is 0.848. The van der Waals surface area contributed by atoms with Gasteiger partial charge in [-0.05, 0) is 58.4 Å². The van der Waals surface area contributed by atoms with Crippen LogP contribution in [0.15, 0.2) is 24.3 Å². The normalized spacial score (nSPS) is 12.2. The Morgan fingerprint density at radius 2 is 0.909 bits per heavy atom. The van der Waals surface area contributed by atoms with Crippen molar-refractivity contribution in [2.24, 2.45) is 5.92 Å². The maximum Gasteiger partial charge on any atom is 0.307 e. The van der Waals surface area contributed by atoms with E-state index in [2.05, 4.69) is 50.4 Å². The molecule has 9 heteroatoms. The highest BCUT2D eigenvalue weighted by atomic mass is 16.7. The summed E-state index contributed by atoms with van der Waals surface area (Å²) in [6.45, 7) is 8.44. The third kappa shape index (κ3) is 39.8. The van der Waals surface area contributed by atoms with Gasteiger partial charge in [0.25, 0.3) is 0 Å². The Balaban J connectivity index is 4.61. The third-order valence-electron chi connectivity index (χ3n) is 9.54. The van der Waals surface area contributed by atoms with E-state index in [0.717, 1.165) is 70.6 Å². The standard InChI is InChI=1S/C46H85NO8/c1-5-8-11-14-17-18-19-20-21-22-23-24-25-26-29-32-43(48)53-39-42(41-55-45(50)35-36-47-4)40-54-44(49)33-34-46(51-37-30-27-15-12-9-6-2)52-38-31-28-16-13-10-7-3/h17-18,20-21,42,46-47H,5-16,19,22-41H2,1-4H3/b18-17-,21-20-. The highest BCUT2D eigenvalue weighted by molar-refractivity contribution is 5.70. The van der Waals surface area contributed by atoms with Crippen molar-refractivity contribution in [3.63, 3.8) is 0 Å². The van der Waals surface area contributed by atoms with E-state index in [1.54, 1.807) is 7.05 Å². The van der Waals surface area contributed by atoms with Crippen LogP contribution in [0.2, 0.25) is 0 Å². The molecule has 0 bridgehead atoms. The van der Waals surface area contributed by atoms with E-state index in [-0.39, 0.29) is 50.6 Å². The van der Waals surface area contributed by atoms with Crippen molar-refractivity contribution in [1.82, 2.24) is 5.32 Å². The molecule has 0 fully saturated rings. The molecule has 55 heavy (non-hydrogen) atoms. The zero-order valence-electron chi connectivity index (χ0n) is 36.1. The zero-order valence-corrected chi connectivity index (χ0v) is 36.1. The van der Waals surface area contributed by atoms with Gasteiger partial charge in [-0.2, -0.15) is 0 Å². The summed E-state index contributed by atoms with van der Waals surface area (Å²) >= 11 is 0. The number of rotatable bonds is 42. The van der Waals surface area contributed by atoms with E-state index in [1.165, 1.54) is 77.0 Å². The summed E-state index contributed by atoms with van der Waals surface area (Å²) in [4.78, 5) is 37.5. The van der Waals surface area contributed by atoms with Crippen molar-refractivity contribution in [3.8, 4) is 0 Å². The van der Waals surface area contributed by atoms with Gasteiger partial charge in [-0.25, -0.2) is 0 Å². The largest absolute Gasteiger partial charge is 0.465 e. The van der Waals surface area contributed by atoms with Gasteiger partial charge in [-0.3, -0.25) is 14.4 Å². The van der Waals surface area contributed by atoms with Crippen LogP contribution < -0.4 is 5.32 Å². The van der Waals surface area contributed by atoms with Crippen LogP contribution in [0.25, 0.3) is 0 Å². The average Bonchev–Trinajstić information content (AvgIpc) is 3.19. The molecule has 0 heterocycles. The van der Waals surface area contributed by atoms with Crippen molar-refractivity contribution >= 4 is 17.9 Å². The number of nitrogens with one attached hydrogen (secondary N) is 1. The molecule has 0 radical (unpaired) electrons. The number of hydrogen-bond acceptors (Lipinski definition) is 9. The number of esters is 3. The summed E-state index contributed by atoms with van der Waals surface area (Å²) in [6.07, 6.45) is 36.2. The van der Waals surface area contributed by atoms with E-state index in [9.17, 15) is 14.4 Å². The second kappa shape index (κ2) is 42.9. The van der Waals surface area contributed by atoms with Gasteiger partial charge in [-0.1, -0.05) is 141 Å². The number of carbonyl (C=O) groups is 3. The van der Waals surface area contributed by atoms with E-state index in [0.29, 0.717) is 32.6 Å². The number of allylic oxidation sites excluding steroid dienone is 4. The van der Waals surface area contributed by atoms with Gasteiger partial charge < -0.3 is 29.0 Å². The maximum absolute atomic E-state index is 12.8. The van der Waals surface area contributed by atoms with Gasteiger partial charge in [0.1, 0.15) is 19.8 Å². The van der Waals surface area contributed by atoms with E-state index < -0.39 is 12.2 Å². The summed E-state index contributed by atoms with van der Waals surface area (Å²) in [5, 5.41) is 2.93. The Bertz CT molecular complexity index is 906. The lowest BCUT2D eigenvalue weighted by molar-refractivity contribution is -0.162. The molecule has 0 aliphatic carbocycles. The molecule has 0 amide bonds. The molecule has 9 nitrogen and oxygen atoms in total. The summed E-state index contributed by atoms with van der Waals surface area (Å²) < 4.78 is 28.7. The van der Waals surface area contributed by atoms with E-state index >= 15 is 0 Å². The minimum absolute atomic E-state index is 0.00296. The number of carbonyl (C=O) groups excluding carboxylic acids is 3. The van der Waals surface area contributed by atoms with Crippen molar-refractivity contribution in [1.29, 1.82) is 0 Å². The first-order valence-corrected chi connectivity index (χ1v) is 22.6. The lowest BCUT2D eigenvalue weighted by Crippen LogP contribution is -2.27. The van der Waals surface area contributed by atoms with Crippen LogP contribution in [0.3, 0.4) is 0 Å². The molecular formula is C46H85NO8. The van der Waals surface area contributed by atoms with Gasteiger partial charge in [0.2, 0.25) is 0 Å². The van der Waals surface area contributed by atoms with Gasteiger partial charge in [0.15, 0.2) is 6.29 Å². The van der Waals surface area contributed by atoms with Gasteiger partial charge in [0, 0.05) is 32.6 Å². The van der Waals surface area contributed by atoms with E-state index in [4.69, 9.17) is 23.7 Å². The summed E-state index contributed by atoms with van der Waals surface area (Å²) in [5.74, 6) is -1.45. The molecular weight excluding hydrogens is 695 g/mol. The first kappa shape index (κ1) is 52.8. The van der Waals surface area contributed by atoms with Crippen LogP contribution in [-0.2, 0) is 38.1 Å². The zero-order chi connectivity index (χ0) is 40.3. The van der Waals surface area contributed by atoms with Crippen LogP contribution in [0.5, 0.6) is 0 Å². The second-order valence-electron chi connectivity index (χ2n) is 15.0. The molecule has 1 atom stereocenters. The molecule has 0 aromatic carbocycles. The van der Waals surface area contributed by atoms with Crippen molar-refractivity contribution in [3.05, 3.63) is 24.3 Å². The molecule has 1 N–H and O–H groups in total. The van der Waals surface area contributed by atoms with Gasteiger partial charge in [0.05, 0.1) is 18.8 Å². The Morgan fingerprint density at radius 3 is 1.44 bits per heavy atom. The lowest BCUT2D eigenvalue weighted by atomic mass is 10.1. The van der Waals surface area contributed by atoms with Crippen LogP contribution in [0, 0.1) is 5.92 Å². The monoisotopic (exact) mass is 780 g/mol. The van der Waals surface area contributed by atoms with Crippen LogP contribution >= 0.6 is 0 Å². The molecule has 0 aliphatic rings. The molecule has 0 aromatic rings. The van der Waals surface area contributed by atoms with Crippen molar-refractivity contribution < 1.29 is 38.1 Å². The van der Waals surface area contributed by atoms with Crippen LogP contribution in [-0.4, -0.2) is 70.8 Å². The fourth-order valence-corrected chi connectivity index (χ4v) is 5.95. The number of ether oxygens (including phenoxy) is 5. The second-order valence-corrected chi connectivity index (χ2v) is 15.0. The average molecular weight is 780 g/mol. The lowest BCUT2D eigenvalue weighted by Gasteiger charge is -2.20. The van der Waals surface area contributed by atoms with Crippen LogP contribution in [0.4, 0.5) is 0 Å². The summed E-state index contributed by atoms with van der Waals surface area (Å²) in [7, 11) is 1.77. The summed E-state index contributed by atoms with van der Waals surface area (Å²) in [5.41, 5.74) is 0. The van der Waals surface area contributed by atoms with Crippen molar-refractivity contribution in [2.45, 2.75) is 200 Å². The molecule has 0 saturated heterocycles. The van der Waals surface area contributed by atoms with Gasteiger partial charge >= 0.3 is 17.9 Å². The summed E-state index contributed by atoms with van der Waals surface area (Å²) in [6, 6.07) is 0. The molecule has 0 rings (SSSR count). The van der Waals surface area contributed by atoms with Crippen molar-refractivity contribution in [2.75, 3.05) is 46.6 Å². The van der Waals surface area contributed by atoms with Crippen LogP contribution in [0.1, 0.15) is 194 Å². The number of unbranched alkanes of at least 4 members (excludes halogenated alkanes) is 18. The minimum atomic E-state index is -0.446. The minimum Gasteiger partial charge on any atom is -0.465 e. The topological polar surface area (TPSA) is 109 Å². The highest BCUT2D eigenvalue weighted by Gasteiger charge is 2.19. The van der Waals surface area contributed by atoms with E-state index in [1.807, 2.05) is 0 Å². The number of hydrogen-bond donors (Lipinski definition) is 1. The predicted octanol–water partition coefficient (Wildman–Crippen LogP) is 11.5. The smallest absolute Gasteiger partial charge is 0.307 e. The molecule has 0 spiro atoms. The molecule has 0 aliphatic heterocycles. The Kier molecular flexibility index (Phi) is 41.2. The molecule has 1 unspecified atom stereocenters. The SMILES string of the molecule is CCCCC/C=C\C/C=C\CCCCCCCC(=O)OCC(COC(=O)CCNC)COC(=O)CCC(OCCCCCCCC)OCCCCCCCC. The Morgan fingerprint density at radius 1 is 0.491 bits per heavy atom. The first-order chi connectivity index (χ1) is 27.0. The maximum atomic E-state index is 12.8. The molecule has 0 aromatic heterocycles. The third-order valence-corrected chi connectivity index (χ3v) is 9.54. The Hall–Kier alpha value is -2.23. The fourth-order valence-electron chi connectivity index (χ4n) is 5.95. The predicted molar refractivity (Wildman–Crippen MR) is 226 cm³/mol. The van der Waals surface area contributed by atoms with Gasteiger partial charge in [-0.15, -0.1) is 0 Å². The first-order valence-electron chi connectivity index (χ1n) is 22.6. The molecule has 322 valence electrons. The Labute approximate surface area is 337 Å².